The maximum absolute atomic E-state index is 12.2. The molecule has 7 heteroatoms. The smallest absolute Gasteiger partial charge is 0.335 e. The number of carbonyl (C=O) groups excluding carboxylic acids is 1. The second-order valence-electron chi connectivity index (χ2n) is 4.57. The molecule has 1 aromatic carbocycles. The predicted molar refractivity (Wildman–Crippen MR) is 72.5 cm³/mol. The summed E-state index contributed by atoms with van der Waals surface area (Å²) in [4.78, 5) is 13.4. The molecule has 0 aliphatic rings. The largest absolute Gasteiger partial charge is 0.406 e. The van der Waals surface area contributed by atoms with Gasteiger partial charge in [-0.3, -0.25) is 9.69 Å². The van der Waals surface area contributed by atoms with E-state index in [0.717, 1.165) is 23.9 Å². The summed E-state index contributed by atoms with van der Waals surface area (Å²) in [5.41, 5.74) is 1.47. The molecule has 0 saturated heterocycles. The lowest BCUT2D eigenvalue weighted by Crippen LogP contribution is -2.41. The van der Waals surface area contributed by atoms with Crippen LogP contribution in [0.4, 0.5) is 18.9 Å². The fourth-order valence-corrected chi connectivity index (χ4v) is 1.74. The molecule has 4 nitrogen and oxygen atoms in total. The Hall–Kier alpha value is -2.23. The van der Waals surface area contributed by atoms with Gasteiger partial charge in [0, 0.05) is 7.05 Å². The molecule has 0 aliphatic carbocycles. The number of hydrogen-bond acceptors (Lipinski definition) is 3. The monoisotopic (exact) mass is 299 g/mol. The first-order valence-corrected chi connectivity index (χ1v) is 6.33. The molecule has 0 saturated carbocycles. The molecule has 1 aromatic rings. The van der Waals surface area contributed by atoms with Crippen molar-refractivity contribution in [3.05, 3.63) is 29.8 Å². The molecule has 0 fully saturated rings. The van der Waals surface area contributed by atoms with Crippen molar-refractivity contribution >= 4 is 11.6 Å². The second-order valence-corrected chi connectivity index (χ2v) is 4.57. The number of amides is 1. The second kappa shape index (κ2) is 6.97. The Morgan fingerprint density at radius 3 is 2.57 bits per heavy atom. The Labute approximate surface area is 121 Å². The first-order chi connectivity index (χ1) is 9.76. The highest BCUT2D eigenvalue weighted by Gasteiger charge is 2.31. The number of alkyl halides is 3. The first-order valence-electron chi connectivity index (χ1n) is 6.33. The van der Waals surface area contributed by atoms with E-state index >= 15 is 0 Å². The summed E-state index contributed by atoms with van der Waals surface area (Å²) < 4.78 is 36.7. The van der Waals surface area contributed by atoms with Gasteiger partial charge in [0.2, 0.25) is 5.91 Å². The number of halogens is 3. The number of likely N-dealkylation sites (N-methyl/N-ethyl adjacent to an activating group) is 1. The van der Waals surface area contributed by atoms with Gasteiger partial charge >= 0.3 is 6.18 Å². The first kappa shape index (κ1) is 16.8. The van der Waals surface area contributed by atoms with Crippen molar-refractivity contribution in [1.29, 1.82) is 5.26 Å². The molecule has 114 valence electrons. The Morgan fingerprint density at radius 2 is 2.05 bits per heavy atom. The van der Waals surface area contributed by atoms with Gasteiger partial charge in [-0.2, -0.15) is 18.4 Å². The zero-order valence-corrected chi connectivity index (χ0v) is 11.8. The van der Waals surface area contributed by atoms with Crippen molar-refractivity contribution in [3.8, 4) is 6.19 Å². The van der Waals surface area contributed by atoms with Gasteiger partial charge < -0.3 is 4.90 Å². The summed E-state index contributed by atoms with van der Waals surface area (Å²) in [6.07, 6.45) is -1.87. The number of anilines is 1. The normalized spacial score (nSPS) is 10.9. The lowest BCUT2D eigenvalue weighted by molar-refractivity contribution is -0.157. The highest BCUT2D eigenvalue weighted by molar-refractivity contribution is 5.82. The van der Waals surface area contributed by atoms with E-state index in [2.05, 4.69) is 0 Å². The molecule has 21 heavy (non-hydrogen) atoms. The fourth-order valence-electron chi connectivity index (χ4n) is 1.74. The van der Waals surface area contributed by atoms with Gasteiger partial charge in [-0.15, -0.1) is 0 Å². The topological polar surface area (TPSA) is 47.3 Å². The van der Waals surface area contributed by atoms with Gasteiger partial charge in [-0.1, -0.05) is 19.1 Å². The number of carbonyl (C=O) groups is 1. The zero-order valence-electron chi connectivity index (χ0n) is 11.8. The summed E-state index contributed by atoms with van der Waals surface area (Å²) in [7, 11) is 1.06. The van der Waals surface area contributed by atoms with E-state index in [1.165, 1.54) is 0 Å². The molecule has 0 aliphatic heterocycles. The van der Waals surface area contributed by atoms with Gasteiger partial charge in [0.25, 0.3) is 0 Å². The van der Waals surface area contributed by atoms with E-state index in [9.17, 15) is 18.0 Å². The van der Waals surface area contributed by atoms with Crippen LogP contribution in [0.15, 0.2) is 24.3 Å². The molecule has 1 rings (SSSR count). The van der Waals surface area contributed by atoms with Crippen LogP contribution in [-0.4, -0.2) is 37.1 Å². The predicted octanol–water partition coefficient (Wildman–Crippen LogP) is 2.56. The van der Waals surface area contributed by atoms with Crippen LogP contribution in [0.5, 0.6) is 0 Å². The average Bonchev–Trinajstić information content (AvgIpc) is 2.42. The fraction of sp³-hybridized carbons (Fsp3) is 0.429. The number of rotatable bonds is 5. The van der Waals surface area contributed by atoms with E-state index < -0.39 is 25.2 Å². The van der Waals surface area contributed by atoms with Crippen LogP contribution in [-0.2, 0) is 11.2 Å². The Bertz CT molecular complexity index is 537. The number of nitrogens with zero attached hydrogens (tertiary/aromatic N) is 3. The van der Waals surface area contributed by atoms with E-state index in [1.807, 2.05) is 19.2 Å². The van der Waals surface area contributed by atoms with Crippen molar-refractivity contribution in [2.75, 3.05) is 25.0 Å². The molecule has 1 amide bonds. The Balaban J connectivity index is 2.78. The molecule has 0 atom stereocenters. The van der Waals surface area contributed by atoms with Crippen molar-refractivity contribution in [3.63, 3.8) is 0 Å². The number of nitriles is 1. The number of aryl methyl sites for hydroxylation is 1. The summed E-state index contributed by atoms with van der Waals surface area (Å²) >= 11 is 0. The third-order valence-electron chi connectivity index (χ3n) is 2.89. The van der Waals surface area contributed by atoms with Crippen LogP contribution in [0.3, 0.4) is 0 Å². The van der Waals surface area contributed by atoms with E-state index in [1.54, 1.807) is 18.2 Å². The van der Waals surface area contributed by atoms with Crippen molar-refractivity contribution in [1.82, 2.24) is 4.90 Å². The maximum atomic E-state index is 12.2. The molecule has 0 heterocycles. The standard InChI is InChI=1S/C14H16F3N3O/c1-3-11-5-4-6-12(7-11)20(10-18)8-13(21)19(2)9-14(15,16)17/h4-7H,3,8-9H2,1-2H3. The molecule has 0 aromatic heterocycles. The molecule has 0 bridgehead atoms. The van der Waals surface area contributed by atoms with Gasteiger partial charge in [-0.05, 0) is 24.1 Å². The lowest BCUT2D eigenvalue weighted by atomic mass is 10.1. The van der Waals surface area contributed by atoms with Crippen LogP contribution in [0, 0.1) is 11.5 Å². The summed E-state index contributed by atoms with van der Waals surface area (Å²) in [5, 5.41) is 9.09. The average molecular weight is 299 g/mol. The Kier molecular flexibility index (Phi) is 5.59. The van der Waals surface area contributed by atoms with Crippen LogP contribution < -0.4 is 4.90 Å². The van der Waals surface area contributed by atoms with Gasteiger partial charge in [-0.25, -0.2) is 0 Å². The van der Waals surface area contributed by atoms with Gasteiger partial charge in [0.05, 0.1) is 5.69 Å². The third-order valence-corrected chi connectivity index (χ3v) is 2.89. The summed E-state index contributed by atoms with van der Waals surface area (Å²) in [6, 6.07) is 6.98. The quantitative estimate of drug-likeness (QED) is 0.620. The summed E-state index contributed by atoms with van der Waals surface area (Å²) in [6.45, 7) is 0.189. The SMILES string of the molecule is CCc1cccc(N(C#N)CC(=O)N(C)CC(F)(F)F)c1. The molecule has 0 N–H and O–H groups in total. The van der Waals surface area contributed by atoms with Crippen LogP contribution in [0.2, 0.25) is 0 Å². The minimum atomic E-state index is -4.45. The summed E-state index contributed by atoms with van der Waals surface area (Å²) in [5.74, 6) is -0.768. The number of benzene rings is 1. The van der Waals surface area contributed by atoms with Crippen LogP contribution in [0.25, 0.3) is 0 Å². The maximum Gasteiger partial charge on any atom is 0.406 e. The highest BCUT2D eigenvalue weighted by atomic mass is 19.4. The van der Waals surface area contributed by atoms with Crippen LogP contribution >= 0.6 is 0 Å². The molecular weight excluding hydrogens is 283 g/mol. The number of hydrogen-bond donors (Lipinski definition) is 0. The van der Waals surface area contributed by atoms with E-state index in [4.69, 9.17) is 5.26 Å². The Morgan fingerprint density at radius 1 is 1.38 bits per heavy atom. The lowest BCUT2D eigenvalue weighted by Gasteiger charge is -2.22. The molecular formula is C14H16F3N3O. The van der Waals surface area contributed by atoms with Gasteiger partial charge in [0.1, 0.15) is 13.1 Å². The minimum absolute atomic E-state index is 0.420. The van der Waals surface area contributed by atoms with E-state index in [-0.39, 0.29) is 0 Å². The van der Waals surface area contributed by atoms with Crippen molar-refractivity contribution in [2.24, 2.45) is 0 Å². The molecule has 0 spiro atoms. The van der Waals surface area contributed by atoms with Crippen LogP contribution in [0.1, 0.15) is 12.5 Å². The zero-order chi connectivity index (χ0) is 16.0. The van der Waals surface area contributed by atoms with Crippen molar-refractivity contribution < 1.29 is 18.0 Å². The third kappa shape index (κ3) is 5.34. The van der Waals surface area contributed by atoms with Gasteiger partial charge in [0.15, 0.2) is 6.19 Å². The molecule has 0 unspecified atom stereocenters. The van der Waals surface area contributed by atoms with Crippen molar-refractivity contribution in [2.45, 2.75) is 19.5 Å². The highest BCUT2D eigenvalue weighted by Crippen LogP contribution is 2.18. The minimum Gasteiger partial charge on any atom is -0.335 e. The van der Waals surface area contributed by atoms with E-state index in [0.29, 0.717) is 10.6 Å². The molecule has 0 radical (unpaired) electrons.